The smallest absolute Gasteiger partial charge is 0.159 e. The van der Waals surface area contributed by atoms with E-state index in [-0.39, 0.29) is 5.78 Å². The van der Waals surface area contributed by atoms with Crippen LogP contribution in [-0.4, -0.2) is 13.6 Å². The molecule has 0 N–H and O–H groups in total. The van der Waals surface area contributed by atoms with Gasteiger partial charge >= 0.3 is 0 Å². The lowest BCUT2D eigenvalue weighted by Gasteiger charge is -2.18. The lowest BCUT2D eigenvalue weighted by Crippen LogP contribution is -2.20. The largest absolute Gasteiger partial charge is 0.294 e. The zero-order valence-corrected chi connectivity index (χ0v) is 13.3. The third-order valence-corrected chi connectivity index (χ3v) is 3.81. The first-order valence-electron chi connectivity index (χ1n) is 7.01. The van der Waals surface area contributed by atoms with Crippen LogP contribution in [0, 0.1) is 13.8 Å². The Balaban J connectivity index is 3.22. The molecular formula is C17H25BO. The Morgan fingerprint density at radius 1 is 1.26 bits per heavy atom. The van der Waals surface area contributed by atoms with E-state index >= 15 is 0 Å². The number of benzene rings is 1. The summed E-state index contributed by atoms with van der Waals surface area (Å²) in [6.07, 6.45) is 2.25. The summed E-state index contributed by atoms with van der Waals surface area (Å²) in [4.78, 5) is 12.0. The molecule has 0 saturated carbocycles. The average Bonchev–Trinajstić information content (AvgIpc) is 2.28. The first-order valence-corrected chi connectivity index (χ1v) is 7.01. The number of carbonyl (C=O) groups excluding carboxylic acids is 1. The molecule has 0 atom stereocenters. The molecule has 0 saturated heterocycles. The normalized spacial score (nSPS) is 10.7. The van der Waals surface area contributed by atoms with Gasteiger partial charge in [0.1, 0.15) is 7.85 Å². The molecule has 2 heteroatoms. The minimum atomic E-state index is 0.195. The molecule has 0 aliphatic rings. The molecule has 0 aliphatic carbocycles. The fraction of sp³-hybridized carbons (Fsp3) is 0.471. The zero-order valence-electron chi connectivity index (χ0n) is 13.3. The van der Waals surface area contributed by atoms with Crippen LogP contribution in [0.5, 0.6) is 0 Å². The maximum absolute atomic E-state index is 12.0. The van der Waals surface area contributed by atoms with Gasteiger partial charge in [-0.3, -0.25) is 4.79 Å². The van der Waals surface area contributed by atoms with Crippen molar-refractivity contribution in [2.45, 2.75) is 53.9 Å². The molecule has 0 amide bonds. The first kappa shape index (κ1) is 15.8. The third kappa shape index (κ3) is 3.83. The van der Waals surface area contributed by atoms with Crippen LogP contribution in [0.1, 0.15) is 55.9 Å². The molecule has 1 nitrogen and oxygen atoms in total. The topological polar surface area (TPSA) is 17.1 Å². The second kappa shape index (κ2) is 6.23. The van der Waals surface area contributed by atoms with Crippen molar-refractivity contribution < 1.29 is 4.79 Å². The molecule has 0 unspecified atom stereocenters. The van der Waals surface area contributed by atoms with E-state index in [0.717, 1.165) is 5.57 Å². The van der Waals surface area contributed by atoms with Crippen molar-refractivity contribution in [3.05, 3.63) is 40.0 Å². The van der Waals surface area contributed by atoms with Gasteiger partial charge in [-0.15, -0.1) is 0 Å². The summed E-state index contributed by atoms with van der Waals surface area (Å²) in [6.45, 7) is 12.7. The van der Waals surface area contributed by atoms with E-state index in [4.69, 9.17) is 0 Å². The Hall–Kier alpha value is -1.31. The van der Waals surface area contributed by atoms with Crippen molar-refractivity contribution in [1.29, 1.82) is 0 Å². The van der Waals surface area contributed by atoms with E-state index in [1.807, 2.05) is 13.8 Å². The van der Waals surface area contributed by atoms with E-state index in [9.17, 15) is 4.79 Å². The molecule has 0 bridgehead atoms. The summed E-state index contributed by atoms with van der Waals surface area (Å²) in [5, 5.41) is 0. The summed E-state index contributed by atoms with van der Waals surface area (Å²) in [5.74, 6) is 0.692. The van der Waals surface area contributed by atoms with Gasteiger partial charge in [-0.05, 0) is 56.4 Å². The van der Waals surface area contributed by atoms with Gasteiger partial charge in [0.25, 0.3) is 0 Å². The lowest BCUT2D eigenvalue weighted by atomic mass is 9.79. The van der Waals surface area contributed by atoms with Gasteiger partial charge in [-0.2, -0.15) is 0 Å². The Bertz CT molecular complexity index is 521. The number of hydrogen-bond donors (Lipinski definition) is 0. The molecule has 0 aromatic heterocycles. The number of carbonyl (C=O) groups is 1. The number of allylic oxidation sites excluding steroid dienone is 2. The SMILES string of the molecule is Bc1c(CC(=O)C=C(C)C)cc(C(C)C)c(C)c1C. The van der Waals surface area contributed by atoms with Gasteiger partial charge < -0.3 is 0 Å². The Morgan fingerprint density at radius 2 is 1.84 bits per heavy atom. The minimum Gasteiger partial charge on any atom is -0.294 e. The highest BCUT2D eigenvalue weighted by Gasteiger charge is 2.13. The molecule has 0 aliphatic heterocycles. The summed E-state index contributed by atoms with van der Waals surface area (Å²) >= 11 is 0. The number of hydrogen-bond acceptors (Lipinski definition) is 1. The highest BCUT2D eigenvalue weighted by Crippen LogP contribution is 2.22. The molecule has 1 aromatic carbocycles. The summed E-state index contributed by atoms with van der Waals surface area (Å²) in [5.41, 5.74) is 7.56. The maximum atomic E-state index is 12.0. The highest BCUT2D eigenvalue weighted by atomic mass is 16.1. The van der Waals surface area contributed by atoms with Gasteiger partial charge in [-0.1, -0.05) is 36.5 Å². The van der Waals surface area contributed by atoms with Crippen molar-refractivity contribution >= 4 is 19.1 Å². The average molecular weight is 256 g/mol. The maximum Gasteiger partial charge on any atom is 0.159 e. The van der Waals surface area contributed by atoms with Crippen molar-refractivity contribution in [3.63, 3.8) is 0 Å². The van der Waals surface area contributed by atoms with Gasteiger partial charge in [0.15, 0.2) is 5.78 Å². The number of rotatable bonds is 4. The molecular weight excluding hydrogens is 231 g/mol. The summed E-state index contributed by atoms with van der Waals surface area (Å²) in [6, 6.07) is 2.22. The molecule has 0 fully saturated rings. The van der Waals surface area contributed by atoms with E-state index in [0.29, 0.717) is 12.3 Å². The van der Waals surface area contributed by atoms with E-state index in [1.54, 1.807) is 6.08 Å². The minimum absolute atomic E-state index is 0.195. The Labute approximate surface area is 118 Å². The van der Waals surface area contributed by atoms with Crippen LogP contribution in [0.15, 0.2) is 17.7 Å². The molecule has 102 valence electrons. The predicted octanol–water partition coefficient (Wildman–Crippen LogP) is 2.76. The molecule has 1 aromatic rings. The molecule has 0 heterocycles. The standard InChI is InChI=1S/C17H25BO/c1-10(2)7-15(19)8-14-9-16(11(3)4)12(5)13(6)17(14)18/h7,9,11H,8,18H2,1-6H3. The Morgan fingerprint density at radius 3 is 2.32 bits per heavy atom. The summed E-state index contributed by atoms with van der Waals surface area (Å²) < 4.78 is 0. The van der Waals surface area contributed by atoms with Crippen LogP contribution in [0.25, 0.3) is 0 Å². The first-order chi connectivity index (χ1) is 8.73. The highest BCUT2D eigenvalue weighted by molar-refractivity contribution is 6.34. The fourth-order valence-electron chi connectivity index (χ4n) is 2.49. The second-order valence-electron chi connectivity index (χ2n) is 6.02. The van der Waals surface area contributed by atoms with Crippen LogP contribution < -0.4 is 5.46 Å². The second-order valence-corrected chi connectivity index (χ2v) is 6.02. The van der Waals surface area contributed by atoms with E-state index in [1.165, 1.54) is 27.7 Å². The van der Waals surface area contributed by atoms with Gasteiger partial charge in [0, 0.05) is 6.42 Å². The van der Waals surface area contributed by atoms with E-state index < -0.39 is 0 Å². The van der Waals surface area contributed by atoms with Crippen LogP contribution in [0.3, 0.4) is 0 Å². The van der Waals surface area contributed by atoms with E-state index in [2.05, 4.69) is 41.6 Å². The van der Waals surface area contributed by atoms with Crippen LogP contribution in [0.2, 0.25) is 0 Å². The predicted molar refractivity (Wildman–Crippen MR) is 86.3 cm³/mol. The fourth-order valence-corrected chi connectivity index (χ4v) is 2.49. The van der Waals surface area contributed by atoms with Crippen LogP contribution >= 0.6 is 0 Å². The lowest BCUT2D eigenvalue weighted by molar-refractivity contribution is -0.114. The van der Waals surface area contributed by atoms with Crippen LogP contribution in [-0.2, 0) is 11.2 Å². The van der Waals surface area contributed by atoms with Gasteiger partial charge in [-0.25, -0.2) is 0 Å². The van der Waals surface area contributed by atoms with Gasteiger partial charge in [0.2, 0.25) is 0 Å². The van der Waals surface area contributed by atoms with Gasteiger partial charge in [0.05, 0.1) is 0 Å². The number of ketones is 1. The van der Waals surface area contributed by atoms with Crippen molar-refractivity contribution in [1.82, 2.24) is 0 Å². The monoisotopic (exact) mass is 256 g/mol. The van der Waals surface area contributed by atoms with Crippen molar-refractivity contribution in [2.24, 2.45) is 0 Å². The van der Waals surface area contributed by atoms with Crippen molar-refractivity contribution in [2.75, 3.05) is 0 Å². The zero-order chi connectivity index (χ0) is 14.7. The Kier molecular flexibility index (Phi) is 5.16. The summed E-state index contributed by atoms with van der Waals surface area (Å²) in [7, 11) is 2.12. The quantitative estimate of drug-likeness (QED) is 0.598. The third-order valence-electron chi connectivity index (χ3n) is 3.81. The van der Waals surface area contributed by atoms with Crippen molar-refractivity contribution in [3.8, 4) is 0 Å². The molecule has 0 spiro atoms. The molecule has 1 rings (SSSR count). The van der Waals surface area contributed by atoms with Crippen LogP contribution in [0.4, 0.5) is 0 Å². The molecule has 0 radical (unpaired) electrons. The molecule has 19 heavy (non-hydrogen) atoms.